The van der Waals surface area contributed by atoms with Crippen LogP contribution in [0.2, 0.25) is 0 Å². The number of aromatic nitrogens is 1. The molecule has 2 aliphatic heterocycles. The molecule has 136 valence electrons. The maximum Gasteiger partial charge on any atom is 0.223 e. The third-order valence-corrected chi connectivity index (χ3v) is 5.85. The molecule has 0 N–H and O–H groups in total. The van der Waals surface area contributed by atoms with Crippen molar-refractivity contribution in [2.24, 2.45) is 0 Å². The van der Waals surface area contributed by atoms with E-state index in [1.54, 1.807) is 6.20 Å². The number of amides is 1. The topological polar surface area (TPSA) is 36.4 Å². The van der Waals surface area contributed by atoms with Crippen LogP contribution in [0, 0.1) is 5.82 Å². The van der Waals surface area contributed by atoms with Gasteiger partial charge in [-0.2, -0.15) is 0 Å². The molecule has 0 saturated carbocycles. The number of hydrogen-bond acceptors (Lipinski definition) is 3. The molecule has 1 spiro atoms. The van der Waals surface area contributed by atoms with Gasteiger partial charge < -0.3 is 4.90 Å². The Balaban J connectivity index is 1.41. The number of nitrogens with zero attached hydrogens (tertiary/aromatic N) is 3. The molecule has 2 aromatic rings. The molecule has 2 saturated heterocycles. The average molecular weight is 353 g/mol. The largest absolute Gasteiger partial charge is 0.333 e. The van der Waals surface area contributed by atoms with E-state index >= 15 is 0 Å². The minimum Gasteiger partial charge on any atom is -0.333 e. The fourth-order valence-electron chi connectivity index (χ4n) is 4.30. The molecule has 26 heavy (non-hydrogen) atoms. The van der Waals surface area contributed by atoms with Gasteiger partial charge in [0.25, 0.3) is 0 Å². The number of hydrogen-bond donors (Lipinski definition) is 0. The summed E-state index contributed by atoms with van der Waals surface area (Å²) in [6, 6.07) is 10.7. The minimum atomic E-state index is -0.193. The molecule has 0 bridgehead atoms. The van der Waals surface area contributed by atoms with Gasteiger partial charge in [-0.1, -0.05) is 18.2 Å². The summed E-state index contributed by atoms with van der Waals surface area (Å²) in [5.74, 6) is 0.0719. The van der Waals surface area contributed by atoms with Gasteiger partial charge in [-0.25, -0.2) is 4.39 Å². The van der Waals surface area contributed by atoms with Crippen molar-refractivity contribution in [3.05, 3.63) is 65.7 Å². The van der Waals surface area contributed by atoms with E-state index in [1.807, 2.05) is 30.5 Å². The molecule has 4 nitrogen and oxygen atoms in total. The highest BCUT2D eigenvalue weighted by Crippen LogP contribution is 2.40. The normalized spacial score (nSPS) is 20.0. The van der Waals surface area contributed by atoms with Crippen molar-refractivity contribution in [2.75, 3.05) is 13.1 Å². The molecule has 5 heteroatoms. The van der Waals surface area contributed by atoms with Crippen LogP contribution in [-0.2, 0) is 17.9 Å². The zero-order valence-corrected chi connectivity index (χ0v) is 14.9. The summed E-state index contributed by atoms with van der Waals surface area (Å²) in [7, 11) is 0. The Bertz CT molecular complexity index is 755. The van der Waals surface area contributed by atoms with Crippen molar-refractivity contribution in [3.63, 3.8) is 0 Å². The van der Waals surface area contributed by atoms with Crippen LogP contribution in [-0.4, -0.2) is 39.3 Å². The fourth-order valence-corrected chi connectivity index (χ4v) is 4.30. The Morgan fingerprint density at radius 1 is 1.00 bits per heavy atom. The smallest absolute Gasteiger partial charge is 0.223 e. The second kappa shape index (κ2) is 7.16. The molecule has 1 aromatic carbocycles. The van der Waals surface area contributed by atoms with E-state index in [-0.39, 0.29) is 17.3 Å². The molecule has 2 fully saturated rings. The van der Waals surface area contributed by atoms with E-state index in [9.17, 15) is 9.18 Å². The molecular formula is C21H24FN3O. The number of likely N-dealkylation sites (tertiary alicyclic amines) is 2. The van der Waals surface area contributed by atoms with E-state index < -0.39 is 0 Å². The van der Waals surface area contributed by atoms with Crippen LogP contribution < -0.4 is 0 Å². The van der Waals surface area contributed by atoms with Gasteiger partial charge in [0.05, 0.1) is 0 Å². The number of halogens is 1. The van der Waals surface area contributed by atoms with Gasteiger partial charge in [0.2, 0.25) is 5.91 Å². The lowest BCUT2D eigenvalue weighted by Gasteiger charge is -2.45. The van der Waals surface area contributed by atoms with E-state index in [2.05, 4.69) is 14.8 Å². The van der Waals surface area contributed by atoms with Crippen LogP contribution in [0.5, 0.6) is 0 Å². The summed E-state index contributed by atoms with van der Waals surface area (Å²) >= 11 is 0. The predicted molar refractivity (Wildman–Crippen MR) is 97.7 cm³/mol. The first-order valence-corrected chi connectivity index (χ1v) is 9.31. The maximum atomic E-state index is 13.1. The van der Waals surface area contributed by atoms with Gasteiger partial charge >= 0.3 is 0 Å². The van der Waals surface area contributed by atoms with Crippen LogP contribution in [0.15, 0.2) is 48.8 Å². The summed E-state index contributed by atoms with van der Waals surface area (Å²) in [4.78, 5) is 21.2. The zero-order valence-electron chi connectivity index (χ0n) is 14.9. The van der Waals surface area contributed by atoms with Crippen molar-refractivity contribution in [3.8, 4) is 0 Å². The van der Waals surface area contributed by atoms with E-state index in [4.69, 9.17) is 0 Å². The Labute approximate surface area is 153 Å². The van der Waals surface area contributed by atoms with Crippen molar-refractivity contribution < 1.29 is 9.18 Å². The highest BCUT2D eigenvalue weighted by molar-refractivity contribution is 5.79. The van der Waals surface area contributed by atoms with Crippen LogP contribution in [0.1, 0.15) is 36.8 Å². The number of benzene rings is 1. The van der Waals surface area contributed by atoms with E-state index in [0.29, 0.717) is 13.0 Å². The molecule has 2 aliphatic rings. The molecule has 0 atom stereocenters. The van der Waals surface area contributed by atoms with Gasteiger partial charge in [0, 0.05) is 50.5 Å². The van der Waals surface area contributed by atoms with Gasteiger partial charge in [0.1, 0.15) is 5.82 Å². The Morgan fingerprint density at radius 3 is 2.46 bits per heavy atom. The van der Waals surface area contributed by atoms with Crippen molar-refractivity contribution in [1.82, 2.24) is 14.8 Å². The fraction of sp³-hybridized carbons (Fsp3) is 0.429. The standard InChI is InChI=1S/C21H24FN3O/c22-19-5-3-17(4-6-19)15-24-12-9-21(10-13-24)8-7-20(26)25(21)16-18-2-1-11-23-14-18/h1-6,11,14H,7-10,12-13,15-16H2. The molecule has 1 amide bonds. The Kier molecular flexibility index (Phi) is 4.72. The summed E-state index contributed by atoms with van der Waals surface area (Å²) in [5.41, 5.74) is 2.22. The number of carbonyl (C=O) groups excluding carboxylic acids is 1. The van der Waals surface area contributed by atoms with Gasteiger partial charge in [-0.05, 0) is 48.6 Å². The van der Waals surface area contributed by atoms with Crippen LogP contribution in [0.4, 0.5) is 4.39 Å². The highest BCUT2D eigenvalue weighted by atomic mass is 19.1. The molecular weight excluding hydrogens is 329 g/mol. The van der Waals surface area contributed by atoms with Gasteiger partial charge in [-0.3, -0.25) is 14.7 Å². The monoisotopic (exact) mass is 353 g/mol. The van der Waals surface area contributed by atoms with Crippen molar-refractivity contribution in [2.45, 2.75) is 44.3 Å². The molecule has 0 aliphatic carbocycles. The molecule has 3 heterocycles. The lowest BCUT2D eigenvalue weighted by molar-refractivity contribution is -0.133. The van der Waals surface area contributed by atoms with E-state index in [1.165, 1.54) is 12.1 Å². The maximum absolute atomic E-state index is 13.1. The van der Waals surface area contributed by atoms with Gasteiger partial charge in [0.15, 0.2) is 0 Å². The summed E-state index contributed by atoms with van der Waals surface area (Å²) in [6.07, 6.45) is 7.22. The molecule has 1 aromatic heterocycles. The van der Waals surface area contributed by atoms with Crippen LogP contribution >= 0.6 is 0 Å². The first-order chi connectivity index (χ1) is 12.6. The second-order valence-corrected chi connectivity index (χ2v) is 7.47. The molecule has 4 rings (SSSR count). The van der Waals surface area contributed by atoms with Crippen molar-refractivity contribution in [1.29, 1.82) is 0 Å². The first kappa shape index (κ1) is 17.2. The third-order valence-electron chi connectivity index (χ3n) is 5.85. The zero-order chi connectivity index (χ0) is 18.0. The van der Waals surface area contributed by atoms with Crippen LogP contribution in [0.25, 0.3) is 0 Å². The number of rotatable bonds is 4. The Hall–Kier alpha value is -2.27. The number of pyridine rings is 1. The second-order valence-electron chi connectivity index (χ2n) is 7.47. The number of piperidine rings is 1. The molecule has 0 radical (unpaired) electrons. The lowest BCUT2D eigenvalue weighted by Crippen LogP contribution is -2.52. The summed E-state index contributed by atoms with van der Waals surface area (Å²) in [6.45, 7) is 3.43. The number of carbonyl (C=O) groups is 1. The third kappa shape index (κ3) is 3.49. The summed E-state index contributed by atoms with van der Waals surface area (Å²) in [5, 5.41) is 0. The Morgan fingerprint density at radius 2 is 1.77 bits per heavy atom. The quantitative estimate of drug-likeness (QED) is 0.845. The van der Waals surface area contributed by atoms with Gasteiger partial charge in [-0.15, -0.1) is 0 Å². The minimum absolute atomic E-state index is 0.00772. The van der Waals surface area contributed by atoms with Crippen molar-refractivity contribution >= 4 is 5.91 Å². The lowest BCUT2D eigenvalue weighted by atomic mass is 9.84. The highest BCUT2D eigenvalue weighted by Gasteiger charge is 2.46. The first-order valence-electron chi connectivity index (χ1n) is 9.31. The SMILES string of the molecule is O=C1CCC2(CCN(Cc3ccc(F)cc3)CC2)N1Cc1cccnc1. The average Bonchev–Trinajstić information content (AvgIpc) is 2.96. The van der Waals surface area contributed by atoms with Crippen LogP contribution in [0.3, 0.4) is 0 Å². The predicted octanol–water partition coefficient (Wildman–Crippen LogP) is 3.38. The molecule has 0 unspecified atom stereocenters. The summed E-state index contributed by atoms with van der Waals surface area (Å²) < 4.78 is 13.1. The van der Waals surface area contributed by atoms with E-state index in [0.717, 1.165) is 50.0 Å².